The van der Waals surface area contributed by atoms with Crippen LogP contribution in [0.15, 0.2) is 6.07 Å². The lowest BCUT2D eigenvalue weighted by atomic mass is 9.94. The summed E-state index contributed by atoms with van der Waals surface area (Å²) >= 11 is 5.20. The van der Waals surface area contributed by atoms with Crippen molar-refractivity contribution in [2.24, 2.45) is 17.6 Å². The molecule has 1 atom stereocenters. The van der Waals surface area contributed by atoms with Crippen LogP contribution in [0.25, 0.3) is 0 Å². The van der Waals surface area contributed by atoms with Gasteiger partial charge in [-0.1, -0.05) is 19.1 Å². The maximum atomic E-state index is 5.88. The second kappa shape index (κ2) is 5.68. The van der Waals surface area contributed by atoms with Crippen LogP contribution in [-0.4, -0.2) is 16.5 Å². The van der Waals surface area contributed by atoms with Gasteiger partial charge in [0.1, 0.15) is 10.8 Å². The number of nitrogens with zero attached hydrogens (tertiary/aromatic N) is 1. The topological polar surface area (TPSA) is 50.9 Å². The zero-order valence-corrected chi connectivity index (χ0v) is 12.9. The molecule has 3 rings (SSSR count). The van der Waals surface area contributed by atoms with Crippen LogP contribution in [0.1, 0.15) is 49.4 Å². The number of nitrogens with one attached hydrogen (secondary N) is 1. The van der Waals surface area contributed by atoms with E-state index in [-0.39, 0.29) is 0 Å². The van der Waals surface area contributed by atoms with E-state index in [2.05, 4.69) is 18.3 Å². The molecule has 0 spiro atoms. The van der Waals surface area contributed by atoms with Crippen LogP contribution < -0.4 is 11.1 Å². The fraction of sp³-hybridized carbons (Fsp3) is 0.625. The maximum absolute atomic E-state index is 5.88. The monoisotopic (exact) mass is 289 g/mol. The molecule has 3 N–H and O–H groups in total. The Bertz CT molecular complexity index is 523. The van der Waals surface area contributed by atoms with Gasteiger partial charge in [0.15, 0.2) is 0 Å². The minimum absolute atomic E-state index is 0.451. The first-order valence-corrected chi connectivity index (χ1v) is 8.12. The van der Waals surface area contributed by atoms with Crippen molar-refractivity contribution in [3.05, 3.63) is 22.9 Å². The highest BCUT2D eigenvalue weighted by atomic mass is 32.1. The zero-order chi connectivity index (χ0) is 14.1. The van der Waals surface area contributed by atoms with E-state index < -0.39 is 0 Å². The molecule has 1 aromatic rings. The Balaban J connectivity index is 1.81. The highest BCUT2D eigenvalue weighted by Crippen LogP contribution is 2.36. The molecule has 1 unspecified atom stereocenters. The highest BCUT2D eigenvalue weighted by Gasteiger charge is 2.28. The minimum Gasteiger partial charge on any atom is -0.389 e. The molecule has 0 aromatic carbocycles. The Labute approximate surface area is 126 Å². The molecular weight excluding hydrogens is 266 g/mol. The van der Waals surface area contributed by atoms with Gasteiger partial charge in [-0.3, -0.25) is 0 Å². The lowest BCUT2D eigenvalue weighted by Gasteiger charge is -2.20. The number of aryl methyl sites for hydroxylation is 2. The van der Waals surface area contributed by atoms with E-state index >= 15 is 0 Å². The number of nitrogens with two attached hydrogens (primary N) is 1. The van der Waals surface area contributed by atoms with E-state index in [0.717, 1.165) is 36.7 Å². The lowest BCUT2D eigenvalue weighted by Crippen LogP contribution is -2.20. The van der Waals surface area contributed by atoms with Crippen LogP contribution >= 0.6 is 12.2 Å². The summed E-state index contributed by atoms with van der Waals surface area (Å²) in [7, 11) is 0. The molecule has 0 radical (unpaired) electrons. The van der Waals surface area contributed by atoms with Crippen molar-refractivity contribution in [1.29, 1.82) is 0 Å². The molecule has 1 heterocycles. The molecule has 20 heavy (non-hydrogen) atoms. The number of anilines is 1. The van der Waals surface area contributed by atoms with Gasteiger partial charge in [0, 0.05) is 12.2 Å². The number of hydrogen-bond acceptors (Lipinski definition) is 3. The SMILES string of the molecule is CC(CNc1nc2c(cc1C(N)=S)CCCC2)C1CC1. The molecule has 4 heteroatoms. The number of aromatic nitrogens is 1. The van der Waals surface area contributed by atoms with Crippen molar-refractivity contribution in [2.45, 2.75) is 45.4 Å². The van der Waals surface area contributed by atoms with E-state index in [0.29, 0.717) is 10.9 Å². The molecule has 2 aliphatic rings. The average Bonchev–Trinajstić information content (AvgIpc) is 3.28. The molecule has 1 saturated carbocycles. The third kappa shape index (κ3) is 2.95. The summed E-state index contributed by atoms with van der Waals surface area (Å²) < 4.78 is 0. The van der Waals surface area contributed by atoms with Crippen molar-refractivity contribution in [3.8, 4) is 0 Å². The number of pyridine rings is 1. The lowest BCUT2D eigenvalue weighted by molar-refractivity contribution is 0.535. The van der Waals surface area contributed by atoms with E-state index in [9.17, 15) is 0 Å². The zero-order valence-electron chi connectivity index (χ0n) is 12.1. The Morgan fingerprint density at radius 1 is 1.45 bits per heavy atom. The fourth-order valence-corrected chi connectivity index (χ4v) is 3.20. The Morgan fingerprint density at radius 3 is 2.90 bits per heavy atom. The van der Waals surface area contributed by atoms with Gasteiger partial charge in [0.2, 0.25) is 0 Å². The Morgan fingerprint density at radius 2 is 2.20 bits per heavy atom. The first-order valence-electron chi connectivity index (χ1n) is 7.71. The number of fused-ring (bicyclic) bond motifs is 1. The summed E-state index contributed by atoms with van der Waals surface area (Å²) in [5.74, 6) is 2.49. The van der Waals surface area contributed by atoms with Crippen molar-refractivity contribution in [1.82, 2.24) is 4.98 Å². The quantitative estimate of drug-likeness (QED) is 0.818. The molecule has 3 nitrogen and oxygen atoms in total. The molecule has 1 fully saturated rings. The predicted octanol–water partition coefficient (Wildman–Crippen LogP) is 3.05. The minimum atomic E-state index is 0.451. The maximum Gasteiger partial charge on any atom is 0.136 e. The van der Waals surface area contributed by atoms with E-state index in [4.69, 9.17) is 22.9 Å². The van der Waals surface area contributed by atoms with E-state index in [1.165, 1.54) is 36.9 Å². The van der Waals surface area contributed by atoms with Crippen LogP contribution in [0.2, 0.25) is 0 Å². The van der Waals surface area contributed by atoms with Crippen molar-refractivity contribution in [3.63, 3.8) is 0 Å². The predicted molar refractivity (Wildman–Crippen MR) is 87.1 cm³/mol. The third-order valence-corrected chi connectivity index (χ3v) is 4.80. The van der Waals surface area contributed by atoms with E-state index in [1.807, 2.05) is 0 Å². The van der Waals surface area contributed by atoms with Crippen LogP contribution in [0.4, 0.5) is 5.82 Å². The van der Waals surface area contributed by atoms with Gasteiger partial charge in [-0.05, 0) is 62.0 Å². The first kappa shape index (κ1) is 13.8. The second-order valence-electron chi connectivity index (χ2n) is 6.26. The van der Waals surface area contributed by atoms with Gasteiger partial charge in [-0.2, -0.15) is 0 Å². The van der Waals surface area contributed by atoms with Crippen molar-refractivity contribution >= 4 is 23.0 Å². The average molecular weight is 289 g/mol. The van der Waals surface area contributed by atoms with Crippen molar-refractivity contribution in [2.75, 3.05) is 11.9 Å². The summed E-state index contributed by atoms with van der Waals surface area (Å²) in [4.78, 5) is 5.26. The molecule has 0 amide bonds. The Kier molecular flexibility index (Phi) is 3.92. The van der Waals surface area contributed by atoms with Crippen LogP contribution in [0, 0.1) is 11.8 Å². The standard InChI is InChI=1S/C16H23N3S/c1-10(11-6-7-11)9-18-16-13(15(17)20)8-12-4-2-3-5-14(12)19-16/h8,10-11H,2-7,9H2,1H3,(H2,17,20)(H,18,19). The number of rotatable bonds is 5. The molecular formula is C16H23N3S. The number of hydrogen-bond donors (Lipinski definition) is 2. The molecule has 0 bridgehead atoms. The molecule has 0 aliphatic heterocycles. The van der Waals surface area contributed by atoms with E-state index in [1.54, 1.807) is 0 Å². The normalized spacial score (nSPS) is 19.2. The molecule has 108 valence electrons. The second-order valence-corrected chi connectivity index (χ2v) is 6.70. The fourth-order valence-electron chi connectivity index (χ4n) is 3.05. The van der Waals surface area contributed by atoms with Crippen LogP contribution in [0.5, 0.6) is 0 Å². The molecule has 1 aromatic heterocycles. The van der Waals surface area contributed by atoms with Gasteiger partial charge < -0.3 is 11.1 Å². The third-order valence-electron chi connectivity index (χ3n) is 4.58. The largest absolute Gasteiger partial charge is 0.389 e. The summed E-state index contributed by atoms with van der Waals surface area (Å²) in [5.41, 5.74) is 9.36. The van der Waals surface area contributed by atoms with Gasteiger partial charge in [0.05, 0.1) is 5.56 Å². The molecule has 0 saturated heterocycles. The van der Waals surface area contributed by atoms with Gasteiger partial charge in [-0.25, -0.2) is 4.98 Å². The van der Waals surface area contributed by atoms with Gasteiger partial charge in [0.25, 0.3) is 0 Å². The van der Waals surface area contributed by atoms with Gasteiger partial charge >= 0.3 is 0 Å². The highest BCUT2D eigenvalue weighted by molar-refractivity contribution is 7.80. The van der Waals surface area contributed by atoms with Crippen LogP contribution in [-0.2, 0) is 12.8 Å². The summed E-state index contributed by atoms with van der Waals surface area (Å²) in [6.45, 7) is 3.27. The van der Waals surface area contributed by atoms with Gasteiger partial charge in [-0.15, -0.1) is 0 Å². The van der Waals surface area contributed by atoms with Crippen LogP contribution in [0.3, 0.4) is 0 Å². The van der Waals surface area contributed by atoms with Crippen molar-refractivity contribution < 1.29 is 0 Å². The number of thiocarbonyl (C=S) groups is 1. The summed E-state index contributed by atoms with van der Waals surface area (Å²) in [6, 6.07) is 2.16. The first-order chi connectivity index (χ1) is 9.65. The molecule has 2 aliphatic carbocycles. The Hall–Kier alpha value is -1.16. The summed E-state index contributed by atoms with van der Waals surface area (Å²) in [5, 5.41) is 3.49. The summed E-state index contributed by atoms with van der Waals surface area (Å²) in [6.07, 6.45) is 7.43. The smallest absolute Gasteiger partial charge is 0.136 e.